The molecule has 0 bridgehead atoms. The van der Waals surface area contributed by atoms with Crippen molar-refractivity contribution >= 4 is 15.9 Å². The molecule has 92 valence electrons. The Morgan fingerprint density at radius 3 is 2.71 bits per heavy atom. The second-order valence-electron chi connectivity index (χ2n) is 2.96. The third-order valence-electron chi connectivity index (χ3n) is 1.79. The minimum absolute atomic E-state index is 0.172. The fourth-order valence-electron chi connectivity index (χ4n) is 1.01. The number of aliphatic hydroxyl groups is 1. The number of nitrogens with one attached hydrogen (secondary N) is 2. The molecule has 0 saturated heterocycles. The Morgan fingerprint density at radius 1 is 1.47 bits per heavy atom. The van der Waals surface area contributed by atoms with E-state index in [1.165, 1.54) is 19.2 Å². The maximum atomic E-state index is 13.5. The van der Waals surface area contributed by atoms with E-state index in [1.54, 1.807) is 0 Å². The summed E-state index contributed by atoms with van der Waals surface area (Å²) in [6.07, 6.45) is 0. The van der Waals surface area contributed by atoms with Crippen LogP contribution in [0.1, 0.15) is 5.56 Å². The van der Waals surface area contributed by atoms with Gasteiger partial charge in [0.2, 0.25) is 0 Å². The first kappa shape index (κ1) is 13.4. The Balaban J connectivity index is 2.98. The second-order valence-corrected chi connectivity index (χ2v) is 4.58. The van der Waals surface area contributed by atoms with Gasteiger partial charge in [-0.15, -0.1) is 0 Å². The molecule has 7 heteroatoms. The summed E-state index contributed by atoms with van der Waals surface area (Å²) in [7, 11) is -2.53. The molecule has 5 nitrogen and oxygen atoms in total. The normalized spacial score (nSPS) is 10.5. The Morgan fingerprint density at radius 2 is 2.18 bits per heavy atom. The first-order chi connectivity index (χ1) is 7.98. The summed E-state index contributed by atoms with van der Waals surface area (Å²) in [5, 5.41) is 8.47. The van der Waals surface area contributed by atoms with Crippen molar-refractivity contribution in [2.24, 2.45) is 0 Å². The highest BCUT2D eigenvalue weighted by atomic mass is 32.2. The predicted octanol–water partition coefficient (Wildman–Crippen LogP) is 0.0456. The van der Waals surface area contributed by atoms with Gasteiger partial charge in [0.25, 0.3) is 10.2 Å². The number of hydrogen-bond acceptors (Lipinski definition) is 3. The van der Waals surface area contributed by atoms with Crippen LogP contribution < -0.4 is 9.44 Å². The van der Waals surface area contributed by atoms with E-state index < -0.39 is 16.0 Å². The minimum Gasteiger partial charge on any atom is -0.384 e. The van der Waals surface area contributed by atoms with Gasteiger partial charge in [0.15, 0.2) is 0 Å². The Bertz CT molecular complexity index is 561. The molecular weight excluding hydrogens is 247 g/mol. The zero-order valence-electron chi connectivity index (χ0n) is 8.99. The molecule has 0 aliphatic carbocycles. The Kier molecular flexibility index (Phi) is 4.45. The van der Waals surface area contributed by atoms with Crippen molar-refractivity contribution < 1.29 is 17.9 Å². The summed E-state index contributed by atoms with van der Waals surface area (Å²) >= 11 is 0. The second kappa shape index (κ2) is 5.63. The summed E-state index contributed by atoms with van der Waals surface area (Å²) in [6.45, 7) is -0.324. The average Bonchev–Trinajstić information content (AvgIpc) is 2.29. The molecule has 0 aromatic heterocycles. The van der Waals surface area contributed by atoms with E-state index in [4.69, 9.17) is 5.11 Å². The van der Waals surface area contributed by atoms with Gasteiger partial charge in [-0.1, -0.05) is 11.8 Å². The SMILES string of the molecule is CNS(=O)(=O)Nc1ccc(C#CCO)cc1F. The molecule has 17 heavy (non-hydrogen) atoms. The zero-order valence-corrected chi connectivity index (χ0v) is 9.81. The number of rotatable bonds is 3. The molecule has 1 aromatic rings. The smallest absolute Gasteiger partial charge is 0.298 e. The van der Waals surface area contributed by atoms with Gasteiger partial charge >= 0.3 is 0 Å². The van der Waals surface area contributed by atoms with Gasteiger partial charge in [-0.3, -0.25) is 4.72 Å². The topological polar surface area (TPSA) is 78.4 Å². The molecule has 0 heterocycles. The van der Waals surface area contributed by atoms with Crippen LogP contribution in [-0.2, 0) is 10.2 Å². The van der Waals surface area contributed by atoms with Gasteiger partial charge in [-0.2, -0.15) is 8.42 Å². The molecular formula is C10H11FN2O3S. The molecule has 0 saturated carbocycles. The predicted molar refractivity (Wildman–Crippen MR) is 62.0 cm³/mol. The Labute approximate surface area is 98.8 Å². The van der Waals surface area contributed by atoms with E-state index >= 15 is 0 Å². The third kappa shape index (κ3) is 4.03. The maximum Gasteiger partial charge on any atom is 0.298 e. The van der Waals surface area contributed by atoms with Crippen molar-refractivity contribution in [2.75, 3.05) is 18.4 Å². The minimum atomic E-state index is -3.74. The van der Waals surface area contributed by atoms with Crippen LogP contribution in [0.5, 0.6) is 0 Å². The Hall–Kier alpha value is -1.62. The zero-order chi connectivity index (χ0) is 12.9. The highest BCUT2D eigenvalue weighted by molar-refractivity contribution is 7.90. The van der Waals surface area contributed by atoms with Crippen molar-refractivity contribution in [2.45, 2.75) is 0 Å². The summed E-state index contributed by atoms with van der Waals surface area (Å²) in [4.78, 5) is 0. The van der Waals surface area contributed by atoms with Crippen molar-refractivity contribution in [3.8, 4) is 11.8 Å². The number of hydrogen-bond donors (Lipinski definition) is 3. The lowest BCUT2D eigenvalue weighted by Gasteiger charge is -2.07. The van der Waals surface area contributed by atoms with Gasteiger partial charge in [-0.25, -0.2) is 9.11 Å². The fourth-order valence-corrected chi connectivity index (χ4v) is 1.57. The summed E-state index contributed by atoms with van der Waals surface area (Å²) in [6, 6.07) is 3.78. The highest BCUT2D eigenvalue weighted by Gasteiger charge is 2.10. The highest BCUT2D eigenvalue weighted by Crippen LogP contribution is 2.16. The number of anilines is 1. The van der Waals surface area contributed by atoms with Crippen molar-refractivity contribution in [1.82, 2.24) is 4.72 Å². The lowest BCUT2D eigenvalue weighted by atomic mass is 10.2. The van der Waals surface area contributed by atoms with Crippen molar-refractivity contribution in [3.05, 3.63) is 29.6 Å². The van der Waals surface area contributed by atoms with Crippen LogP contribution in [0.2, 0.25) is 0 Å². The van der Waals surface area contributed by atoms with Gasteiger partial charge in [-0.05, 0) is 18.2 Å². The van der Waals surface area contributed by atoms with Crippen molar-refractivity contribution in [1.29, 1.82) is 0 Å². The third-order valence-corrected chi connectivity index (χ3v) is 2.82. The van der Waals surface area contributed by atoms with Gasteiger partial charge in [0.05, 0.1) is 5.69 Å². The summed E-state index contributed by atoms with van der Waals surface area (Å²) < 4.78 is 39.7. The fraction of sp³-hybridized carbons (Fsp3) is 0.200. The quantitative estimate of drug-likeness (QED) is 0.670. The average molecular weight is 258 g/mol. The molecule has 1 aromatic carbocycles. The number of halogens is 1. The van der Waals surface area contributed by atoms with E-state index in [0.29, 0.717) is 5.56 Å². The molecule has 0 atom stereocenters. The lowest BCUT2D eigenvalue weighted by Crippen LogP contribution is -2.26. The van der Waals surface area contributed by atoms with E-state index in [-0.39, 0.29) is 12.3 Å². The molecule has 3 N–H and O–H groups in total. The van der Waals surface area contributed by atoms with Crippen LogP contribution >= 0.6 is 0 Å². The lowest BCUT2D eigenvalue weighted by molar-refractivity contribution is 0.350. The van der Waals surface area contributed by atoms with Crippen LogP contribution in [0, 0.1) is 17.7 Å². The monoisotopic (exact) mass is 258 g/mol. The molecule has 0 aliphatic rings. The van der Waals surface area contributed by atoms with E-state index in [2.05, 4.69) is 11.8 Å². The van der Waals surface area contributed by atoms with Crippen LogP contribution in [-0.4, -0.2) is 27.2 Å². The van der Waals surface area contributed by atoms with E-state index in [1.807, 2.05) is 9.44 Å². The molecule has 0 unspecified atom stereocenters. The molecule has 0 amide bonds. The number of benzene rings is 1. The van der Waals surface area contributed by atoms with Crippen LogP contribution in [0.15, 0.2) is 18.2 Å². The maximum absolute atomic E-state index is 13.5. The van der Waals surface area contributed by atoms with Crippen LogP contribution in [0.25, 0.3) is 0 Å². The van der Waals surface area contributed by atoms with Crippen molar-refractivity contribution in [3.63, 3.8) is 0 Å². The number of aliphatic hydroxyl groups excluding tert-OH is 1. The summed E-state index contributed by atoms with van der Waals surface area (Å²) in [5.74, 6) is 4.12. The van der Waals surface area contributed by atoms with E-state index in [9.17, 15) is 12.8 Å². The first-order valence-electron chi connectivity index (χ1n) is 4.59. The molecule has 0 radical (unpaired) electrons. The first-order valence-corrected chi connectivity index (χ1v) is 6.07. The largest absolute Gasteiger partial charge is 0.384 e. The summed E-state index contributed by atoms with van der Waals surface area (Å²) in [5.41, 5.74) is 0.179. The molecule has 1 rings (SSSR count). The van der Waals surface area contributed by atoms with Crippen LogP contribution in [0.3, 0.4) is 0 Å². The molecule has 0 spiro atoms. The molecule has 0 aliphatic heterocycles. The van der Waals surface area contributed by atoms with Gasteiger partial charge in [0, 0.05) is 12.6 Å². The van der Waals surface area contributed by atoms with E-state index in [0.717, 1.165) is 6.07 Å². The standard InChI is InChI=1S/C10H11FN2O3S/c1-12-17(15,16)13-10-5-4-8(3-2-6-14)7-9(10)11/h4-5,7,12-14H,6H2,1H3. The van der Waals surface area contributed by atoms with Crippen LogP contribution in [0.4, 0.5) is 10.1 Å². The van der Waals surface area contributed by atoms with Gasteiger partial charge < -0.3 is 5.11 Å². The molecule has 0 fully saturated rings. The van der Waals surface area contributed by atoms with Gasteiger partial charge in [0.1, 0.15) is 12.4 Å².